The number of hydrogen-bond acceptors (Lipinski definition) is 4. The lowest BCUT2D eigenvalue weighted by molar-refractivity contribution is 0.0572. The minimum absolute atomic E-state index is 0.132. The lowest BCUT2D eigenvalue weighted by atomic mass is 10.2. The van der Waals surface area contributed by atoms with Crippen LogP contribution in [0.25, 0.3) is 0 Å². The maximum absolute atomic E-state index is 9.26. The van der Waals surface area contributed by atoms with E-state index < -0.39 is 12.2 Å². The lowest BCUT2D eigenvalue weighted by Gasteiger charge is -2.18. The van der Waals surface area contributed by atoms with Gasteiger partial charge >= 0.3 is 0 Å². The van der Waals surface area contributed by atoms with Crippen LogP contribution in [0, 0.1) is 5.92 Å². The molecule has 76 valence electrons. The van der Waals surface area contributed by atoms with Crippen molar-refractivity contribution in [3.05, 3.63) is 0 Å². The maximum atomic E-state index is 9.26. The van der Waals surface area contributed by atoms with Gasteiger partial charge in [0, 0.05) is 25.6 Å². The fourth-order valence-electron chi connectivity index (χ4n) is 1.47. The Morgan fingerprint density at radius 2 is 2.00 bits per heavy atom. The topological polar surface area (TPSA) is 69.7 Å². The standard InChI is InChI=1S/C8H16N2O2S/c1-5(8(9)13)2-10-3-6(11)7(12)4-10/h5-7,11-12H,2-4H2,1H3,(H2,9,13). The first-order valence-electron chi connectivity index (χ1n) is 4.38. The van der Waals surface area contributed by atoms with Crippen molar-refractivity contribution < 1.29 is 10.2 Å². The van der Waals surface area contributed by atoms with Crippen LogP contribution < -0.4 is 5.73 Å². The van der Waals surface area contributed by atoms with Gasteiger partial charge in [-0.3, -0.25) is 4.90 Å². The molecule has 4 nitrogen and oxygen atoms in total. The number of thiocarbonyl (C=S) groups is 1. The van der Waals surface area contributed by atoms with E-state index in [2.05, 4.69) is 0 Å². The molecule has 1 rings (SSSR count). The lowest BCUT2D eigenvalue weighted by Crippen LogP contribution is -2.33. The van der Waals surface area contributed by atoms with Crippen LogP contribution in [0.4, 0.5) is 0 Å². The van der Waals surface area contributed by atoms with Crippen LogP contribution in [0.2, 0.25) is 0 Å². The minimum atomic E-state index is -0.626. The van der Waals surface area contributed by atoms with E-state index >= 15 is 0 Å². The van der Waals surface area contributed by atoms with Crippen molar-refractivity contribution in [1.82, 2.24) is 4.90 Å². The Morgan fingerprint density at radius 1 is 1.54 bits per heavy atom. The summed E-state index contributed by atoms with van der Waals surface area (Å²) in [5, 5.41) is 18.5. The molecule has 0 bridgehead atoms. The third kappa shape index (κ3) is 2.87. The molecule has 4 N–H and O–H groups in total. The van der Waals surface area contributed by atoms with Gasteiger partial charge in [0.15, 0.2) is 0 Å². The second-order valence-electron chi connectivity index (χ2n) is 3.66. The monoisotopic (exact) mass is 204 g/mol. The van der Waals surface area contributed by atoms with Crippen molar-refractivity contribution in [2.45, 2.75) is 19.1 Å². The smallest absolute Gasteiger partial charge is 0.0938 e. The van der Waals surface area contributed by atoms with Crippen molar-refractivity contribution in [1.29, 1.82) is 0 Å². The Kier molecular flexibility index (Phi) is 3.61. The predicted octanol–water partition coefficient (Wildman–Crippen LogP) is -1.05. The number of rotatable bonds is 3. The molecule has 0 aromatic heterocycles. The first kappa shape index (κ1) is 10.8. The number of aliphatic hydroxyl groups is 2. The quantitative estimate of drug-likeness (QED) is 0.512. The van der Waals surface area contributed by atoms with Crippen LogP contribution in [0.5, 0.6) is 0 Å². The van der Waals surface area contributed by atoms with E-state index in [1.807, 2.05) is 11.8 Å². The molecule has 1 heterocycles. The summed E-state index contributed by atoms with van der Waals surface area (Å²) in [7, 11) is 0. The first-order valence-corrected chi connectivity index (χ1v) is 4.79. The average Bonchev–Trinajstić information content (AvgIpc) is 2.31. The molecule has 0 radical (unpaired) electrons. The molecular weight excluding hydrogens is 188 g/mol. The molecule has 0 spiro atoms. The molecule has 1 aliphatic rings. The second kappa shape index (κ2) is 4.32. The van der Waals surface area contributed by atoms with E-state index in [1.165, 1.54) is 0 Å². The highest BCUT2D eigenvalue weighted by Crippen LogP contribution is 2.12. The van der Waals surface area contributed by atoms with E-state index in [0.717, 1.165) is 0 Å². The zero-order chi connectivity index (χ0) is 10.0. The second-order valence-corrected chi connectivity index (χ2v) is 4.13. The fraction of sp³-hybridized carbons (Fsp3) is 0.875. The molecule has 1 saturated heterocycles. The Morgan fingerprint density at radius 3 is 2.38 bits per heavy atom. The highest BCUT2D eigenvalue weighted by molar-refractivity contribution is 7.80. The van der Waals surface area contributed by atoms with Gasteiger partial charge < -0.3 is 15.9 Å². The Bertz CT molecular complexity index is 191. The van der Waals surface area contributed by atoms with Crippen molar-refractivity contribution >= 4 is 17.2 Å². The summed E-state index contributed by atoms with van der Waals surface area (Å²) in [4.78, 5) is 2.45. The van der Waals surface area contributed by atoms with E-state index in [0.29, 0.717) is 24.6 Å². The summed E-state index contributed by atoms with van der Waals surface area (Å²) in [6.07, 6.45) is -1.25. The fourth-order valence-corrected chi connectivity index (χ4v) is 1.55. The van der Waals surface area contributed by atoms with Gasteiger partial charge in [0.05, 0.1) is 17.2 Å². The normalized spacial score (nSPS) is 31.9. The minimum Gasteiger partial charge on any atom is -0.393 e. The first-order chi connectivity index (χ1) is 6.00. The zero-order valence-corrected chi connectivity index (χ0v) is 8.50. The molecule has 3 unspecified atom stereocenters. The van der Waals surface area contributed by atoms with Gasteiger partial charge in [-0.05, 0) is 0 Å². The van der Waals surface area contributed by atoms with Crippen molar-refractivity contribution in [2.75, 3.05) is 19.6 Å². The van der Waals surface area contributed by atoms with Gasteiger partial charge in [0.1, 0.15) is 0 Å². The molecule has 0 aromatic rings. The molecule has 0 aliphatic carbocycles. The third-order valence-corrected chi connectivity index (χ3v) is 2.75. The van der Waals surface area contributed by atoms with Gasteiger partial charge in [-0.1, -0.05) is 19.1 Å². The third-order valence-electron chi connectivity index (χ3n) is 2.35. The zero-order valence-electron chi connectivity index (χ0n) is 7.68. The summed E-state index contributed by atoms with van der Waals surface area (Å²) < 4.78 is 0. The largest absolute Gasteiger partial charge is 0.393 e. The molecule has 3 atom stereocenters. The maximum Gasteiger partial charge on any atom is 0.0938 e. The average molecular weight is 204 g/mol. The Labute approximate surface area is 83.3 Å². The van der Waals surface area contributed by atoms with Crippen LogP contribution in [0.1, 0.15) is 6.92 Å². The number of likely N-dealkylation sites (tertiary alicyclic amines) is 1. The molecule has 1 aliphatic heterocycles. The Hall–Kier alpha value is -0.230. The number of β-amino-alcohol motifs (C(OH)–C–C–N with tert-alkyl or cyclic N) is 2. The number of aliphatic hydroxyl groups excluding tert-OH is 2. The van der Waals surface area contributed by atoms with Crippen molar-refractivity contribution in [3.63, 3.8) is 0 Å². The summed E-state index contributed by atoms with van der Waals surface area (Å²) in [6, 6.07) is 0. The van der Waals surface area contributed by atoms with E-state index in [4.69, 9.17) is 18.0 Å². The van der Waals surface area contributed by atoms with Gasteiger partial charge in [-0.25, -0.2) is 0 Å². The van der Waals surface area contributed by atoms with Gasteiger partial charge in [-0.2, -0.15) is 0 Å². The van der Waals surface area contributed by atoms with E-state index in [-0.39, 0.29) is 5.92 Å². The van der Waals surface area contributed by atoms with Crippen LogP contribution >= 0.6 is 12.2 Å². The highest BCUT2D eigenvalue weighted by atomic mass is 32.1. The summed E-state index contributed by atoms with van der Waals surface area (Å²) in [5.74, 6) is 0.132. The molecule has 0 saturated carbocycles. The van der Waals surface area contributed by atoms with Crippen molar-refractivity contribution in [2.24, 2.45) is 11.7 Å². The number of hydrogen-bond donors (Lipinski definition) is 3. The molecule has 13 heavy (non-hydrogen) atoms. The molecule has 0 aromatic carbocycles. The molecule has 0 amide bonds. The number of nitrogens with two attached hydrogens (primary N) is 1. The van der Waals surface area contributed by atoms with Gasteiger partial charge in [-0.15, -0.1) is 0 Å². The predicted molar refractivity (Wildman–Crippen MR) is 54.4 cm³/mol. The SMILES string of the molecule is CC(CN1CC(O)C(O)C1)C(N)=S. The Balaban J connectivity index is 2.35. The van der Waals surface area contributed by atoms with Crippen LogP contribution in [0.15, 0.2) is 0 Å². The van der Waals surface area contributed by atoms with Crippen LogP contribution in [-0.4, -0.2) is 51.9 Å². The van der Waals surface area contributed by atoms with E-state index in [1.54, 1.807) is 0 Å². The molecular formula is C8H16N2O2S. The molecule has 5 heteroatoms. The van der Waals surface area contributed by atoms with Crippen LogP contribution in [-0.2, 0) is 0 Å². The summed E-state index contributed by atoms with van der Waals surface area (Å²) in [5.41, 5.74) is 5.46. The summed E-state index contributed by atoms with van der Waals surface area (Å²) >= 11 is 4.84. The summed E-state index contributed by atoms with van der Waals surface area (Å²) in [6.45, 7) is 3.67. The van der Waals surface area contributed by atoms with E-state index in [9.17, 15) is 10.2 Å². The van der Waals surface area contributed by atoms with Crippen molar-refractivity contribution in [3.8, 4) is 0 Å². The van der Waals surface area contributed by atoms with Crippen LogP contribution in [0.3, 0.4) is 0 Å². The molecule has 1 fully saturated rings. The van der Waals surface area contributed by atoms with Gasteiger partial charge in [0.2, 0.25) is 0 Å². The number of nitrogens with zero attached hydrogens (tertiary/aromatic N) is 1. The van der Waals surface area contributed by atoms with Gasteiger partial charge in [0.25, 0.3) is 0 Å². The highest BCUT2D eigenvalue weighted by Gasteiger charge is 2.30.